The molecule has 0 aliphatic heterocycles. The zero-order valence-electron chi connectivity index (χ0n) is 31.7. The van der Waals surface area contributed by atoms with E-state index in [-0.39, 0.29) is 48.5 Å². The first-order valence-electron chi connectivity index (χ1n) is 18.1. The lowest BCUT2D eigenvalue weighted by molar-refractivity contribution is -0.142. The minimum atomic E-state index is -1.26. The number of carboxylic acid groups (broad SMARTS) is 1. The van der Waals surface area contributed by atoms with E-state index in [9.17, 15) is 39.0 Å². The molecule has 17 heteroatoms. The monoisotopic (exact) mass is 775 g/mol. The highest BCUT2D eigenvalue weighted by Crippen LogP contribution is 2.17. The Morgan fingerprint density at radius 2 is 1.35 bits per heavy atom. The van der Waals surface area contributed by atoms with E-state index in [1.165, 1.54) is 36.0 Å². The maximum absolute atomic E-state index is 13.8. The van der Waals surface area contributed by atoms with Crippen LogP contribution in [0.2, 0.25) is 0 Å². The summed E-state index contributed by atoms with van der Waals surface area (Å²) >= 11 is 1.50. The molecule has 0 saturated heterocycles. The van der Waals surface area contributed by atoms with Gasteiger partial charge in [0.25, 0.3) is 5.91 Å². The second kappa shape index (κ2) is 23.2. The third kappa shape index (κ3) is 16.2. The average Bonchev–Trinajstić information content (AvgIpc) is 3.57. The molecule has 0 fully saturated rings. The predicted octanol–water partition coefficient (Wildman–Crippen LogP) is 2.11. The largest absolute Gasteiger partial charge is 0.508 e. The number of benzene rings is 1. The molecule has 0 aliphatic rings. The maximum Gasteiger partial charge on any atom is 0.326 e. The lowest BCUT2D eigenvalue weighted by atomic mass is 10.00. The highest BCUT2D eigenvalue weighted by Gasteiger charge is 2.31. The first-order valence-corrected chi connectivity index (χ1v) is 19.5. The molecule has 54 heavy (non-hydrogen) atoms. The fraction of sp³-hybridized carbons (Fsp3) is 0.568. The molecular weight excluding hydrogens is 719 g/mol. The van der Waals surface area contributed by atoms with Gasteiger partial charge in [0, 0.05) is 12.5 Å². The highest BCUT2D eigenvalue weighted by atomic mass is 32.2. The molecule has 0 saturated carbocycles. The molecule has 0 aliphatic carbocycles. The van der Waals surface area contributed by atoms with Crippen molar-refractivity contribution in [3.8, 4) is 5.75 Å². The Bertz CT molecular complexity index is 1530. The number of carbonyl (C=O) groups is 6. The van der Waals surface area contributed by atoms with Crippen LogP contribution in [-0.4, -0.2) is 94.5 Å². The maximum atomic E-state index is 13.8. The molecule has 0 spiro atoms. The summed E-state index contributed by atoms with van der Waals surface area (Å²) in [4.78, 5) is 78.4. The minimum Gasteiger partial charge on any atom is -0.508 e. The Morgan fingerprint density at radius 1 is 0.741 bits per heavy atom. The molecule has 0 radical (unpaired) electrons. The number of carbonyl (C=O) groups excluding carboxylic acids is 5. The standard InChI is InChI=1S/C37H57N7O9S/c1-21(2)18-25(39)32(46)40-26(15-17-54-5)33(47)44-31-14-13-30(53-31)36(50)43-29(20-23-9-11-24(45)12-10-23)35(49)42-28(19-22(3)4)34(48)41-27(37(51)52)8-6-7-16-38/h9-14,21-22,25-29,45H,6-8,15-20,38-39H2,1-5H3,(H,40,46)(H,41,48)(H,42,49)(H,43,50)(H,44,47)(H,51,52)/t25-,26-,27-,28-,29-/m0/s1. The molecule has 0 unspecified atom stereocenters. The van der Waals surface area contributed by atoms with Crippen molar-refractivity contribution in [1.29, 1.82) is 0 Å². The van der Waals surface area contributed by atoms with Gasteiger partial charge in [-0.05, 0) is 92.7 Å². The van der Waals surface area contributed by atoms with Crippen LogP contribution in [0.5, 0.6) is 5.75 Å². The minimum absolute atomic E-state index is 0.00396. The Kier molecular flexibility index (Phi) is 19.6. The van der Waals surface area contributed by atoms with Gasteiger partial charge >= 0.3 is 5.97 Å². The number of hydrogen-bond acceptors (Lipinski definition) is 11. The van der Waals surface area contributed by atoms with Gasteiger partial charge in [-0.2, -0.15) is 11.8 Å². The number of phenolic OH excluding ortho intramolecular Hbond substituents is 1. The molecular formula is C37H57N7O9S. The summed E-state index contributed by atoms with van der Waals surface area (Å²) in [5.74, 6) is -4.11. The Labute approximate surface area is 320 Å². The summed E-state index contributed by atoms with van der Waals surface area (Å²) in [6.45, 7) is 7.93. The topological polar surface area (TPSA) is 268 Å². The van der Waals surface area contributed by atoms with E-state index in [2.05, 4.69) is 26.6 Å². The van der Waals surface area contributed by atoms with Gasteiger partial charge in [0.15, 0.2) is 11.6 Å². The molecule has 11 N–H and O–H groups in total. The number of amides is 5. The van der Waals surface area contributed by atoms with Crippen LogP contribution in [0, 0.1) is 11.8 Å². The van der Waals surface area contributed by atoms with E-state index in [1.54, 1.807) is 12.1 Å². The summed E-state index contributed by atoms with van der Waals surface area (Å²) in [5.41, 5.74) is 12.1. The highest BCUT2D eigenvalue weighted by molar-refractivity contribution is 7.98. The summed E-state index contributed by atoms with van der Waals surface area (Å²) in [6, 6.07) is 3.37. The van der Waals surface area contributed by atoms with Crippen LogP contribution in [0.3, 0.4) is 0 Å². The summed E-state index contributed by atoms with van der Waals surface area (Å²) in [6.07, 6.45) is 3.97. The van der Waals surface area contributed by atoms with Crippen LogP contribution in [0.4, 0.5) is 5.88 Å². The zero-order valence-corrected chi connectivity index (χ0v) is 32.5. The van der Waals surface area contributed by atoms with E-state index in [4.69, 9.17) is 15.9 Å². The Morgan fingerprint density at radius 3 is 1.94 bits per heavy atom. The molecule has 1 aromatic carbocycles. The molecule has 5 atom stereocenters. The predicted molar refractivity (Wildman–Crippen MR) is 207 cm³/mol. The fourth-order valence-electron chi connectivity index (χ4n) is 5.44. The third-order valence-corrected chi connectivity index (χ3v) is 8.93. The zero-order chi connectivity index (χ0) is 40.4. The summed E-state index contributed by atoms with van der Waals surface area (Å²) in [7, 11) is 0. The van der Waals surface area contributed by atoms with Crippen molar-refractivity contribution in [2.45, 2.75) is 103 Å². The first-order chi connectivity index (χ1) is 25.5. The smallest absolute Gasteiger partial charge is 0.326 e. The number of anilines is 1. The number of carboxylic acids is 1. The van der Waals surface area contributed by atoms with Gasteiger partial charge in [-0.15, -0.1) is 0 Å². The number of nitrogens with one attached hydrogen (secondary N) is 5. The van der Waals surface area contributed by atoms with Crippen molar-refractivity contribution in [3.63, 3.8) is 0 Å². The first kappa shape index (κ1) is 45.5. The number of nitrogens with two attached hydrogens (primary N) is 2. The molecule has 16 nitrogen and oxygen atoms in total. The van der Waals surface area contributed by atoms with E-state index >= 15 is 0 Å². The van der Waals surface area contributed by atoms with Gasteiger partial charge < -0.3 is 47.4 Å². The van der Waals surface area contributed by atoms with Crippen molar-refractivity contribution >= 4 is 53.2 Å². The van der Waals surface area contributed by atoms with Crippen LogP contribution >= 0.6 is 11.8 Å². The van der Waals surface area contributed by atoms with Crippen LogP contribution in [0.25, 0.3) is 0 Å². The number of aromatic hydroxyl groups is 1. The van der Waals surface area contributed by atoms with Crippen LogP contribution in [-0.2, 0) is 30.4 Å². The van der Waals surface area contributed by atoms with Gasteiger partial charge in [0.1, 0.15) is 29.9 Å². The number of aliphatic carboxylic acids is 1. The SMILES string of the molecule is CSCC[C@H](NC(=O)[C@@H](N)CC(C)C)C(=O)Nc1ccc(C(=O)N[C@@H](Cc2ccc(O)cc2)C(=O)N[C@@H](CC(C)C)C(=O)N[C@@H](CCCCN)C(=O)O)o1. The third-order valence-electron chi connectivity index (χ3n) is 8.28. The summed E-state index contributed by atoms with van der Waals surface area (Å²) in [5, 5.41) is 32.6. The fourth-order valence-corrected chi connectivity index (χ4v) is 5.91. The quantitative estimate of drug-likeness (QED) is 0.0695. The number of thioether (sulfide) groups is 1. The Hall–Kier alpha value is -4.61. The van der Waals surface area contributed by atoms with Crippen LogP contribution in [0.15, 0.2) is 40.8 Å². The Balaban J connectivity index is 2.26. The van der Waals surface area contributed by atoms with Crippen LogP contribution in [0.1, 0.15) is 82.3 Å². The number of rotatable bonds is 24. The number of furan rings is 1. The molecule has 1 aromatic heterocycles. The second-order valence-corrected chi connectivity index (χ2v) is 15.0. The van der Waals surface area contributed by atoms with E-state index in [0.717, 1.165) is 0 Å². The van der Waals surface area contributed by atoms with Crippen molar-refractivity contribution in [2.24, 2.45) is 23.3 Å². The van der Waals surface area contributed by atoms with Gasteiger partial charge in [-0.1, -0.05) is 39.8 Å². The van der Waals surface area contributed by atoms with Crippen molar-refractivity contribution in [1.82, 2.24) is 21.3 Å². The van der Waals surface area contributed by atoms with Gasteiger partial charge in [-0.3, -0.25) is 29.3 Å². The molecule has 0 bridgehead atoms. The number of hydrogen-bond donors (Lipinski definition) is 9. The lowest BCUT2D eigenvalue weighted by Gasteiger charge is -2.25. The molecule has 300 valence electrons. The van der Waals surface area contributed by atoms with Gasteiger partial charge in [0.2, 0.25) is 23.6 Å². The van der Waals surface area contributed by atoms with E-state index < -0.39 is 65.7 Å². The van der Waals surface area contributed by atoms with Crippen molar-refractivity contribution in [3.05, 3.63) is 47.7 Å². The van der Waals surface area contributed by atoms with E-state index in [1.807, 2.05) is 34.0 Å². The van der Waals surface area contributed by atoms with Crippen LogP contribution < -0.4 is 38.1 Å². The van der Waals surface area contributed by atoms with E-state index in [0.29, 0.717) is 43.5 Å². The number of phenols is 1. The number of unbranched alkanes of at least 4 members (excludes halogenated alkanes) is 1. The molecule has 5 amide bonds. The van der Waals surface area contributed by atoms with Gasteiger partial charge in [-0.25, -0.2) is 4.79 Å². The average molecular weight is 776 g/mol. The van der Waals surface area contributed by atoms with Crippen molar-refractivity contribution in [2.75, 3.05) is 23.9 Å². The van der Waals surface area contributed by atoms with Crippen molar-refractivity contribution < 1.29 is 43.4 Å². The summed E-state index contributed by atoms with van der Waals surface area (Å²) < 4.78 is 5.62. The molecule has 1 heterocycles. The molecule has 2 rings (SSSR count). The van der Waals surface area contributed by atoms with Gasteiger partial charge in [0.05, 0.1) is 6.04 Å². The molecule has 2 aromatic rings. The normalized spacial score (nSPS) is 14.0. The lowest BCUT2D eigenvalue weighted by Crippen LogP contribution is -2.56. The second-order valence-electron chi connectivity index (χ2n) is 14.0.